The molecular formula is C21H25N3O5. The van der Waals surface area contributed by atoms with Crippen LogP contribution in [0.4, 0.5) is 0 Å². The first kappa shape index (κ1) is 22.1. The van der Waals surface area contributed by atoms with E-state index >= 15 is 0 Å². The smallest absolute Gasteiger partial charge is 0.325 e. The van der Waals surface area contributed by atoms with Gasteiger partial charge in [-0.25, -0.2) is 0 Å². The predicted molar refractivity (Wildman–Crippen MR) is 106 cm³/mol. The standard InChI is InChI=1S/C21H25N3O5/c1-20(2,29-18(26)16(22)13-17(23)25)24-19(27)21(28,14-9-5-3-6-10-14)15-11-7-4-8-12-15/h3-12,16,28H,13,22H2,1-2H3,(H2,23,25)(H,24,27)/t16-/m0/s1. The summed E-state index contributed by atoms with van der Waals surface area (Å²) in [5.74, 6) is -2.45. The molecule has 2 aromatic rings. The predicted octanol–water partition coefficient (Wildman–Crippen LogP) is 0.521. The van der Waals surface area contributed by atoms with Crippen LogP contribution in [0.25, 0.3) is 0 Å². The molecule has 0 radical (unpaired) electrons. The van der Waals surface area contributed by atoms with Crippen molar-refractivity contribution in [3.63, 3.8) is 0 Å². The van der Waals surface area contributed by atoms with Gasteiger partial charge in [0.2, 0.25) is 5.91 Å². The van der Waals surface area contributed by atoms with E-state index in [1.165, 1.54) is 13.8 Å². The molecule has 0 fully saturated rings. The lowest BCUT2D eigenvalue weighted by atomic mass is 9.85. The average molecular weight is 399 g/mol. The largest absolute Gasteiger partial charge is 0.438 e. The molecule has 0 saturated carbocycles. The van der Waals surface area contributed by atoms with Gasteiger partial charge in [0.25, 0.3) is 5.91 Å². The lowest BCUT2D eigenvalue weighted by Crippen LogP contribution is -2.56. The fourth-order valence-electron chi connectivity index (χ4n) is 2.80. The van der Waals surface area contributed by atoms with Crippen LogP contribution in [-0.2, 0) is 24.7 Å². The molecule has 0 bridgehead atoms. The van der Waals surface area contributed by atoms with Crippen molar-refractivity contribution < 1.29 is 24.2 Å². The molecule has 8 nitrogen and oxygen atoms in total. The van der Waals surface area contributed by atoms with Crippen molar-refractivity contribution in [3.8, 4) is 0 Å². The number of rotatable bonds is 8. The normalized spacial score (nSPS) is 12.7. The molecule has 0 aliphatic heterocycles. The first-order valence-corrected chi connectivity index (χ1v) is 8.99. The highest BCUT2D eigenvalue weighted by Gasteiger charge is 2.43. The highest BCUT2D eigenvalue weighted by molar-refractivity contribution is 5.91. The van der Waals surface area contributed by atoms with Gasteiger partial charge >= 0.3 is 5.97 Å². The minimum absolute atomic E-state index is 0.344. The van der Waals surface area contributed by atoms with Crippen molar-refractivity contribution in [2.75, 3.05) is 0 Å². The van der Waals surface area contributed by atoms with Crippen LogP contribution >= 0.6 is 0 Å². The van der Waals surface area contributed by atoms with Gasteiger partial charge in [-0.2, -0.15) is 0 Å². The van der Waals surface area contributed by atoms with Crippen LogP contribution in [0.3, 0.4) is 0 Å². The van der Waals surface area contributed by atoms with Gasteiger partial charge < -0.3 is 26.6 Å². The van der Waals surface area contributed by atoms with Crippen LogP contribution in [0.2, 0.25) is 0 Å². The maximum absolute atomic E-state index is 13.2. The number of amides is 2. The summed E-state index contributed by atoms with van der Waals surface area (Å²) < 4.78 is 5.22. The molecule has 0 saturated heterocycles. The quantitative estimate of drug-likeness (QED) is 0.376. The average Bonchev–Trinajstić information content (AvgIpc) is 2.67. The summed E-state index contributed by atoms with van der Waals surface area (Å²) in [6.45, 7) is 2.85. The molecule has 2 aromatic carbocycles. The second-order valence-corrected chi connectivity index (χ2v) is 7.10. The van der Waals surface area contributed by atoms with Crippen molar-refractivity contribution in [2.45, 2.75) is 37.6 Å². The molecule has 8 heteroatoms. The topological polar surface area (TPSA) is 145 Å². The molecule has 0 unspecified atom stereocenters. The fourth-order valence-corrected chi connectivity index (χ4v) is 2.80. The second-order valence-electron chi connectivity index (χ2n) is 7.10. The van der Waals surface area contributed by atoms with Crippen LogP contribution in [0.5, 0.6) is 0 Å². The number of primary amides is 1. The van der Waals surface area contributed by atoms with Crippen molar-refractivity contribution in [1.29, 1.82) is 0 Å². The molecule has 0 spiro atoms. The minimum atomic E-state index is -2.03. The molecule has 6 N–H and O–H groups in total. The first-order valence-electron chi connectivity index (χ1n) is 8.99. The Morgan fingerprint density at radius 3 is 1.86 bits per heavy atom. The van der Waals surface area contributed by atoms with Crippen molar-refractivity contribution >= 4 is 17.8 Å². The molecule has 0 aromatic heterocycles. The summed E-state index contributed by atoms with van der Waals surface area (Å²) >= 11 is 0. The number of nitrogens with two attached hydrogens (primary N) is 2. The monoisotopic (exact) mass is 399 g/mol. The third-order valence-electron chi connectivity index (χ3n) is 4.21. The maximum Gasteiger partial charge on any atom is 0.325 e. The van der Waals surface area contributed by atoms with Gasteiger partial charge in [-0.1, -0.05) is 60.7 Å². The Kier molecular flexibility index (Phi) is 6.73. The Morgan fingerprint density at radius 1 is 1.00 bits per heavy atom. The van der Waals surface area contributed by atoms with Crippen molar-refractivity contribution in [1.82, 2.24) is 5.32 Å². The van der Waals surface area contributed by atoms with Crippen LogP contribution in [0, 0.1) is 0 Å². The van der Waals surface area contributed by atoms with E-state index in [9.17, 15) is 19.5 Å². The van der Waals surface area contributed by atoms with Gasteiger partial charge in [0.05, 0.1) is 6.42 Å². The second kappa shape index (κ2) is 8.85. The summed E-state index contributed by atoms with van der Waals surface area (Å²) in [7, 11) is 0. The molecule has 2 rings (SSSR count). The zero-order chi connectivity index (χ0) is 21.7. The van der Waals surface area contributed by atoms with Crippen LogP contribution in [-0.4, -0.2) is 34.7 Å². The van der Waals surface area contributed by atoms with E-state index in [0.717, 1.165) is 0 Å². The summed E-state index contributed by atoms with van der Waals surface area (Å²) in [5, 5.41) is 13.9. The molecule has 2 amide bonds. The lowest BCUT2D eigenvalue weighted by molar-refractivity contribution is -0.166. The van der Waals surface area contributed by atoms with E-state index in [-0.39, 0.29) is 6.42 Å². The number of aliphatic hydroxyl groups is 1. The fraction of sp³-hybridized carbons (Fsp3) is 0.286. The zero-order valence-corrected chi connectivity index (χ0v) is 16.3. The van der Waals surface area contributed by atoms with Gasteiger partial charge in [-0.15, -0.1) is 0 Å². The molecule has 0 aliphatic carbocycles. The van der Waals surface area contributed by atoms with Gasteiger partial charge in [-0.05, 0) is 25.0 Å². The van der Waals surface area contributed by atoms with E-state index in [1.54, 1.807) is 60.7 Å². The van der Waals surface area contributed by atoms with E-state index in [0.29, 0.717) is 11.1 Å². The van der Waals surface area contributed by atoms with Gasteiger partial charge in [0.1, 0.15) is 6.04 Å². The molecule has 0 heterocycles. The molecule has 154 valence electrons. The van der Waals surface area contributed by atoms with Crippen molar-refractivity contribution in [3.05, 3.63) is 71.8 Å². The van der Waals surface area contributed by atoms with Crippen molar-refractivity contribution in [2.24, 2.45) is 11.5 Å². The van der Waals surface area contributed by atoms with E-state index in [4.69, 9.17) is 16.2 Å². The lowest BCUT2D eigenvalue weighted by Gasteiger charge is -2.34. The highest BCUT2D eigenvalue weighted by atomic mass is 16.6. The summed E-state index contributed by atoms with van der Waals surface area (Å²) in [6, 6.07) is 15.5. The number of carbonyl (C=O) groups excluding carboxylic acids is 3. The molecule has 1 atom stereocenters. The van der Waals surface area contributed by atoms with Crippen LogP contribution in [0.15, 0.2) is 60.7 Å². The number of benzene rings is 2. The van der Waals surface area contributed by atoms with Crippen LogP contribution < -0.4 is 16.8 Å². The molecule has 29 heavy (non-hydrogen) atoms. The van der Waals surface area contributed by atoms with Gasteiger partial charge in [0.15, 0.2) is 11.3 Å². The summed E-state index contributed by atoms with van der Waals surface area (Å²) in [4.78, 5) is 36.2. The molecule has 0 aliphatic rings. The number of hydrogen-bond donors (Lipinski definition) is 4. The highest BCUT2D eigenvalue weighted by Crippen LogP contribution is 2.30. The van der Waals surface area contributed by atoms with E-state index in [2.05, 4.69) is 5.32 Å². The Bertz CT molecular complexity index is 829. The number of hydrogen-bond acceptors (Lipinski definition) is 6. The van der Waals surface area contributed by atoms with Gasteiger partial charge in [0, 0.05) is 0 Å². The third-order valence-corrected chi connectivity index (χ3v) is 4.21. The summed E-state index contributed by atoms with van der Waals surface area (Å²) in [6.07, 6.45) is -0.388. The number of carbonyl (C=O) groups is 3. The summed E-state index contributed by atoms with van der Waals surface area (Å²) in [5.41, 5.74) is 7.77. The molecular weight excluding hydrogens is 374 g/mol. The Balaban J connectivity index is 2.28. The Morgan fingerprint density at radius 2 is 1.45 bits per heavy atom. The zero-order valence-electron chi connectivity index (χ0n) is 16.3. The van der Waals surface area contributed by atoms with Crippen LogP contribution in [0.1, 0.15) is 31.4 Å². The first-order chi connectivity index (χ1) is 13.6. The third kappa shape index (κ3) is 5.40. The number of nitrogens with one attached hydrogen (secondary N) is 1. The Labute approximate surface area is 168 Å². The number of esters is 1. The maximum atomic E-state index is 13.2. The SMILES string of the molecule is CC(C)(NC(=O)C(O)(c1ccccc1)c1ccccc1)OC(=O)[C@@H](N)CC(N)=O. The van der Waals surface area contributed by atoms with Gasteiger partial charge in [-0.3, -0.25) is 14.4 Å². The van der Waals surface area contributed by atoms with E-state index in [1.807, 2.05) is 0 Å². The number of ether oxygens (including phenoxy) is 1. The minimum Gasteiger partial charge on any atom is -0.438 e. The Hall–Kier alpha value is -3.23. The van der Waals surface area contributed by atoms with E-state index < -0.39 is 35.2 Å².